The molecule has 0 aliphatic heterocycles. The monoisotopic (exact) mass is 198 g/mol. The van der Waals surface area contributed by atoms with Gasteiger partial charge in [-0.2, -0.15) is 0 Å². The first kappa shape index (κ1) is 9.59. The molecular formula is C13H14N2. The SMILES string of the molecule is CNc1ccc(-c2ccccc2)cc1N. The first-order valence-electron chi connectivity index (χ1n) is 4.94. The molecule has 0 fully saturated rings. The number of anilines is 2. The summed E-state index contributed by atoms with van der Waals surface area (Å²) < 4.78 is 0. The van der Waals surface area contributed by atoms with Crippen molar-refractivity contribution < 1.29 is 0 Å². The molecule has 0 saturated heterocycles. The van der Waals surface area contributed by atoms with Crippen LogP contribution in [0.25, 0.3) is 11.1 Å². The average molecular weight is 198 g/mol. The summed E-state index contributed by atoms with van der Waals surface area (Å²) in [6.07, 6.45) is 0. The standard InChI is InChI=1S/C13H14N2/c1-15-13-8-7-11(9-12(13)14)10-5-3-2-4-6-10/h2-9,15H,14H2,1H3. The number of hydrogen-bond acceptors (Lipinski definition) is 2. The topological polar surface area (TPSA) is 38.0 Å². The number of nitrogens with one attached hydrogen (secondary N) is 1. The van der Waals surface area contributed by atoms with Gasteiger partial charge in [-0.25, -0.2) is 0 Å². The number of nitrogens with two attached hydrogens (primary N) is 1. The van der Waals surface area contributed by atoms with Gasteiger partial charge in [0.2, 0.25) is 0 Å². The van der Waals surface area contributed by atoms with Crippen LogP contribution in [-0.2, 0) is 0 Å². The van der Waals surface area contributed by atoms with Gasteiger partial charge in [-0.15, -0.1) is 0 Å². The Kier molecular flexibility index (Phi) is 2.59. The highest BCUT2D eigenvalue weighted by Gasteiger charge is 2.00. The van der Waals surface area contributed by atoms with Crippen LogP contribution in [0.2, 0.25) is 0 Å². The highest BCUT2D eigenvalue weighted by Crippen LogP contribution is 2.26. The lowest BCUT2D eigenvalue weighted by Crippen LogP contribution is -1.95. The molecule has 0 aliphatic carbocycles. The molecule has 0 aliphatic rings. The molecule has 0 heterocycles. The van der Waals surface area contributed by atoms with Gasteiger partial charge in [-0.1, -0.05) is 36.4 Å². The average Bonchev–Trinajstić information content (AvgIpc) is 2.30. The molecule has 0 saturated carbocycles. The Morgan fingerprint density at radius 3 is 2.27 bits per heavy atom. The maximum Gasteiger partial charge on any atom is 0.0571 e. The van der Waals surface area contributed by atoms with Crippen LogP contribution in [0.1, 0.15) is 0 Å². The lowest BCUT2D eigenvalue weighted by Gasteiger charge is -2.07. The Balaban J connectivity index is 2.43. The zero-order chi connectivity index (χ0) is 10.7. The van der Waals surface area contributed by atoms with Crippen molar-refractivity contribution in [1.82, 2.24) is 0 Å². The van der Waals surface area contributed by atoms with Gasteiger partial charge in [0.25, 0.3) is 0 Å². The number of rotatable bonds is 2. The lowest BCUT2D eigenvalue weighted by atomic mass is 10.0. The third kappa shape index (κ3) is 1.94. The van der Waals surface area contributed by atoms with Crippen LogP contribution >= 0.6 is 0 Å². The van der Waals surface area contributed by atoms with Gasteiger partial charge in [-0.3, -0.25) is 0 Å². The Bertz CT molecular complexity index is 449. The number of benzene rings is 2. The van der Waals surface area contributed by atoms with Crippen LogP contribution in [0.3, 0.4) is 0 Å². The first-order chi connectivity index (χ1) is 7.31. The fraction of sp³-hybridized carbons (Fsp3) is 0.0769. The molecule has 2 rings (SSSR count). The third-order valence-corrected chi connectivity index (χ3v) is 2.43. The second-order valence-electron chi connectivity index (χ2n) is 3.42. The summed E-state index contributed by atoms with van der Waals surface area (Å²) >= 11 is 0. The van der Waals surface area contributed by atoms with E-state index in [-0.39, 0.29) is 0 Å². The summed E-state index contributed by atoms with van der Waals surface area (Å²) in [5.41, 5.74) is 9.98. The maximum atomic E-state index is 5.91. The van der Waals surface area contributed by atoms with E-state index in [9.17, 15) is 0 Å². The van der Waals surface area contributed by atoms with Crippen molar-refractivity contribution in [2.24, 2.45) is 0 Å². The normalized spacial score (nSPS) is 9.93. The van der Waals surface area contributed by atoms with Gasteiger partial charge < -0.3 is 11.1 Å². The van der Waals surface area contributed by atoms with Crippen molar-refractivity contribution in [2.75, 3.05) is 18.1 Å². The second kappa shape index (κ2) is 4.05. The second-order valence-corrected chi connectivity index (χ2v) is 3.42. The molecule has 3 N–H and O–H groups in total. The summed E-state index contributed by atoms with van der Waals surface area (Å²) in [6, 6.07) is 16.3. The maximum absolute atomic E-state index is 5.91. The molecule has 0 radical (unpaired) electrons. The lowest BCUT2D eigenvalue weighted by molar-refractivity contribution is 1.50. The van der Waals surface area contributed by atoms with Crippen LogP contribution in [0.4, 0.5) is 11.4 Å². The van der Waals surface area contributed by atoms with E-state index in [0.717, 1.165) is 16.9 Å². The molecular weight excluding hydrogens is 184 g/mol. The summed E-state index contributed by atoms with van der Waals surface area (Å²) in [7, 11) is 1.87. The summed E-state index contributed by atoms with van der Waals surface area (Å²) in [5, 5.41) is 3.05. The predicted octanol–water partition coefficient (Wildman–Crippen LogP) is 2.98. The molecule has 0 atom stereocenters. The van der Waals surface area contributed by atoms with Crippen molar-refractivity contribution >= 4 is 11.4 Å². The molecule has 0 spiro atoms. The molecule has 0 bridgehead atoms. The summed E-state index contributed by atoms with van der Waals surface area (Å²) in [6.45, 7) is 0. The van der Waals surface area contributed by atoms with E-state index in [1.54, 1.807) is 0 Å². The van der Waals surface area contributed by atoms with Crippen molar-refractivity contribution in [3.63, 3.8) is 0 Å². The van der Waals surface area contributed by atoms with Crippen LogP contribution in [-0.4, -0.2) is 7.05 Å². The van der Waals surface area contributed by atoms with Gasteiger partial charge in [0.05, 0.1) is 11.4 Å². The third-order valence-electron chi connectivity index (χ3n) is 2.43. The van der Waals surface area contributed by atoms with E-state index in [2.05, 4.69) is 23.5 Å². The molecule has 2 aromatic carbocycles. The largest absolute Gasteiger partial charge is 0.397 e. The van der Waals surface area contributed by atoms with Crippen LogP contribution in [0, 0.1) is 0 Å². The van der Waals surface area contributed by atoms with E-state index in [1.165, 1.54) is 5.56 Å². The van der Waals surface area contributed by atoms with Gasteiger partial charge in [-0.05, 0) is 23.3 Å². The van der Waals surface area contributed by atoms with Crippen molar-refractivity contribution in [1.29, 1.82) is 0 Å². The molecule has 15 heavy (non-hydrogen) atoms. The van der Waals surface area contributed by atoms with Crippen LogP contribution < -0.4 is 11.1 Å². The first-order valence-corrected chi connectivity index (χ1v) is 4.94. The minimum atomic E-state index is 0.777. The highest BCUT2D eigenvalue weighted by molar-refractivity contribution is 5.75. The molecule has 0 aromatic heterocycles. The van der Waals surface area contributed by atoms with Crippen molar-refractivity contribution in [3.05, 3.63) is 48.5 Å². The molecule has 76 valence electrons. The number of nitrogen functional groups attached to an aromatic ring is 1. The van der Waals surface area contributed by atoms with E-state index in [1.807, 2.05) is 37.4 Å². The zero-order valence-electron chi connectivity index (χ0n) is 8.70. The number of hydrogen-bond donors (Lipinski definition) is 2. The van der Waals surface area contributed by atoms with E-state index >= 15 is 0 Å². The Labute approximate surface area is 89.7 Å². The fourth-order valence-electron chi connectivity index (χ4n) is 1.60. The summed E-state index contributed by atoms with van der Waals surface area (Å²) in [5.74, 6) is 0. The molecule has 2 nitrogen and oxygen atoms in total. The highest BCUT2D eigenvalue weighted by atomic mass is 14.8. The zero-order valence-corrected chi connectivity index (χ0v) is 8.70. The van der Waals surface area contributed by atoms with Gasteiger partial charge in [0.1, 0.15) is 0 Å². The smallest absolute Gasteiger partial charge is 0.0571 e. The van der Waals surface area contributed by atoms with E-state index < -0.39 is 0 Å². The minimum Gasteiger partial charge on any atom is -0.397 e. The van der Waals surface area contributed by atoms with Crippen LogP contribution in [0.5, 0.6) is 0 Å². The van der Waals surface area contributed by atoms with E-state index in [0.29, 0.717) is 0 Å². The van der Waals surface area contributed by atoms with Gasteiger partial charge >= 0.3 is 0 Å². The van der Waals surface area contributed by atoms with Crippen molar-refractivity contribution in [3.8, 4) is 11.1 Å². The Hall–Kier alpha value is -1.96. The molecule has 0 unspecified atom stereocenters. The summed E-state index contributed by atoms with van der Waals surface area (Å²) in [4.78, 5) is 0. The van der Waals surface area contributed by atoms with Gasteiger partial charge in [0, 0.05) is 7.05 Å². The van der Waals surface area contributed by atoms with Crippen LogP contribution in [0.15, 0.2) is 48.5 Å². The molecule has 2 heteroatoms. The predicted molar refractivity (Wildman–Crippen MR) is 65.8 cm³/mol. The van der Waals surface area contributed by atoms with Gasteiger partial charge in [0.15, 0.2) is 0 Å². The fourth-order valence-corrected chi connectivity index (χ4v) is 1.60. The Morgan fingerprint density at radius 1 is 0.933 bits per heavy atom. The minimum absolute atomic E-state index is 0.777. The quantitative estimate of drug-likeness (QED) is 0.728. The molecule has 0 amide bonds. The van der Waals surface area contributed by atoms with E-state index in [4.69, 9.17) is 5.73 Å². The molecule has 2 aromatic rings. The van der Waals surface area contributed by atoms with Crippen molar-refractivity contribution in [2.45, 2.75) is 0 Å². The Morgan fingerprint density at radius 2 is 1.67 bits per heavy atom.